The van der Waals surface area contributed by atoms with Crippen LogP contribution in [0.2, 0.25) is 0 Å². The first-order valence-electron chi connectivity index (χ1n) is 8.56. The average Bonchev–Trinajstić information content (AvgIpc) is 2.57. The van der Waals surface area contributed by atoms with Crippen molar-refractivity contribution < 1.29 is 17.9 Å². The van der Waals surface area contributed by atoms with Crippen LogP contribution in [-0.4, -0.2) is 27.3 Å². The Hall–Kier alpha value is -2.74. The molecule has 7 nitrogen and oxygen atoms in total. The van der Waals surface area contributed by atoms with E-state index in [9.17, 15) is 13.2 Å². The van der Waals surface area contributed by atoms with Gasteiger partial charge in [-0.2, -0.15) is 0 Å². The minimum atomic E-state index is -3.33. The summed E-state index contributed by atoms with van der Waals surface area (Å²) in [6, 6.07) is 11.6. The first-order valence-corrected chi connectivity index (χ1v) is 10.5. The minimum absolute atomic E-state index is 0.252. The van der Waals surface area contributed by atoms with E-state index < -0.39 is 10.0 Å². The Bertz CT molecular complexity index is 896. The molecular weight excluding hydrogens is 366 g/mol. The van der Waals surface area contributed by atoms with E-state index in [1.54, 1.807) is 24.3 Å². The molecule has 0 bridgehead atoms. The van der Waals surface area contributed by atoms with Crippen LogP contribution in [0.3, 0.4) is 0 Å². The second-order valence-corrected chi connectivity index (χ2v) is 7.99. The Morgan fingerprint density at radius 1 is 1.11 bits per heavy atom. The molecule has 0 aliphatic carbocycles. The van der Waals surface area contributed by atoms with E-state index in [0.29, 0.717) is 18.0 Å². The normalized spacial score (nSPS) is 12.1. The van der Waals surface area contributed by atoms with Gasteiger partial charge in [-0.25, -0.2) is 13.2 Å². The van der Waals surface area contributed by atoms with Crippen molar-refractivity contribution in [3.05, 3.63) is 53.6 Å². The highest BCUT2D eigenvalue weighted by molar-refractivity contribution is 7.92. The third-order valence-electron chi connectivity index (χ3n) is 3.73. The molecule has 0 aromatic heterocycles. The molecular formula is C19H25N3O4S. The van der Waals surface area contributed by atoms with Gasteiger partial charge in [-0.05, 0) is 51.1 Å². The number of hydrogen-bond donors (Lipinski definition) is 3. The lowest BCUT2D eigenvalue weighted by atomic mass is 10.0. The van der Waals surface area contributed by atoms with Crippen LogP contribution in [0.1, 0.15) is 31.0 Å². The standard InChI is InChI=1S/C19H25N3O4S/c1-5-26-18-11-6-13(2)12-17(18)14(3)20-19(23)21-15-7-9-16(10-8-15)22-27(4,24)25/h6-12,14,22H,5H2,1-4H3,(H2,20,21,23). The van der Waals surface area contributed by atoms with Gasteiger partial charge >= 0.3 is 6.03 Å². The summed E-state index contributed by atoms with van der Waals surface area (Å²) in [5.74, 6) is 0.743. The fourth-order valence-electron chi connectivity index (χ4n) is 2.57. The highest BCUT2D eigenvalue weighted by Gasteiger charge is 2.15. The number of anilines is 2. The highest BCUT2D eigenvalue weighted by Crippen LogP contribution is 2.26. The molecule has 0 radical (unpaired) electrons. The fraction of sp³-hybridized carbons (Fsp3) is 0.316. The third-order valence-corrected chi connectivity index (χ3v) is 4.33. The fourth-order valence-corrected chi connectivity index (χ4v) is 3.13. The number of ether oxygens (including phenoxy) is 1. The van der Waals surface area contributed by atoms with Crippen LogP contribution >= 0.6 is 0 Å². The molecule has 0 heterocycles. The molecule has 0 aliphatic heterocycles. The maximum absolute atomic E-state index is 12.3. The monoisotopic (exact) mass is 391 g/mol. The van der Waals surface area contributed by atoms with Crippen LogP contribution in [-0.2, 0) is 10.0 Å². The van der Waals surface area contributed by atoms with Gasteiger partial charge < -0.3 is 15.4 Å². The molecule has 2 rings (SSSR count). The summed E-state index contributed by atoms with van der Waals surface area (Å²) < 4.78 is 30.4. The number of benzene rings is 2. The number of amides is 2. The van der Waals surface area contributed by atoms with Crippen molar-refractivity contribution in [2.24, 2.45) is 0 Å². The SMILES string of the molecule is CCOc1ccc(C)cc1C(C)NC(=O)Nc1ccc(NS(C)(=O)=O)cc1. The Balaban J connectivity index is 2.02. The summed E-state index contributed by atoms with van der Waals surface area (Å²) in [6.45, 7) is 6.33. The average molecular weight is 391 g/mol. The van der Waals surface area contributed by atoms with E-state index in [4.69, 9.17) is 4.74 Å². The molecule has 2 aromatic rings. The Kier molecular flexibility index (Phi) is 6.68. The molecule has 1 unspecified atom stereocenters. The van der Waals surface area contributed by atoms with Gasteiger partial charge in [0, 0.05) is 16.9 Å². The second-order valence-electron chi connectivity index (χ2n) is 6.25. The molecule has 146 valence electrons. The minimum Gasteiger partial charge on any atom is -0.494 e. The van der Waals surface area contributed by atoms with Crippen LogP contribution in [0.5, 0.6) is 5.75 Å². The Labute approximate surface area is 160 Å². The second kappa shape index (κ2) is 8.77. The molecule has 0 fully saturated rings. The summed E-state index contributed by atoms with van der Waals surface area (Å²) in [6.07, 6.45) is 1.08. The van der Waals surface area contributed by atoms with Crippen molar-refractivity contribution in [1.82, 2.24) is 5.32 Å². The van der Waals surface area contributed by atoms with Gasteiger partial charge in [0.15, 0.2) is 0 Å². The van der Waals surface area contributed by atoms with Crippen molar-refractivity contribution >= 4 is 27.4 Å². The zero-order valence-electron chi connectivity index (χ0n) is 15.9. The lowest BCUT2D eigenvalue weighted by Crippen LogP contribution is -2.31. The molecule has 3 N–H and O–H groups in total. The predicted octanol–water partition coefficient (Wildman–Crippen LogP) is 3.65. The number of carbonyl (C=O) groups is 1. The van der Waals surface area contributed by atoms with Gasteiger partial charge in [0.05, 0.1) is 18.9 Å². The summed E-state index contributed by atoms with van der Waals surface area (Å²) in [7, 11) is -3.33. The van der Waals surface area contributed by atoms with Gasteiger partial charge in [-0.1, -0.05) is 17.7 Å². The van der Waals surface area contributed by atoms with Crippen molar-refractivity contribution in [3.8, 4) is 5.75 Å². The number of sulfonamides is 1. The molecule has 2 amide bonds. The first kappa shape index (κ1) is 20.6. The first-order chi connectivity index (χ1) is 12.7. The smallest absolute Gasteiger partial charge is 0.319 e. The number of hydrogen-bond acceptors (Lipinski definition) is 4. The Morgan fingerprint density at radius 3 is 2.33 bits per heavy atom. The molecule has 2 aromatic carbocycles. The lowest BCUT2D eigenvalue weighted by Gasteiger charge is -2.19. The van der Waals surface area contributed by atoms with E-state index in [-0.39, 0.29) is 12.1 Å². The molecule has 0 aliphatic rings. The van der Waals surface area contributed by atoms with Crippen molar-refractivity contribution in [3.63, 3.8) is 0 Å². The van der Waals surface area contributed by atoms with E-state index in [1.807, 2.05) is 39.0 Å². The summed E-state index contributed by atoms with van der Waals surface area (Å²) in [4.78, 5) is 12.3. The summed E-state index contributed by atoms with van der Waals surface area (Å²) >= 11 is 0. The molecule has 0 saturated heterocycles. The van der Waals surface area contributed by atoms with E-state index >= 15 is 0 Å². The summed E-state index contributed by atoms with van der Waals surface area (Å²) in [5.41, 5.74) is 2.96. The number of carbonyl (C=O) groups excluding carboxylic acids is 1. The van der Waals surface area contributed by atoms with Gasteiger partial charge in [-0.3, -0.25) is 4.72 Å². The van der Waals surface area contributed by atoms with Crippen molar-refractivity contribution in [2.45, 2.75) is 26.8 Å². The van der Waals surface area contributed by atoms with Crippen LogP contribution < -0.4 is 20.1 Å². The largest absolute Gasteiger partial charge is 0.494 e. The van der Waals surface area contributed by atoms with Crippen LogP contribution in [0.25, 0.3) is 0 Å². The van der Waals surface area contributed by atoms with Gasteiger partial charge in [0.25, 0.3) is 0 Å². The van der Waals surface area contributed by atoms with Crippen molar-refractivity contribution in [2.75, 3.05) is 22.9 Å². The van der Waals surface area contributed by atoms with E-state index in [1.165, 1.54) is 0 Å². The number of nitrogens with one attached hydrogen (secondary N) is 3. The van der Waals surface area contributed by atoms with Gasteiger partial charge in [0.2, 0.25) is 10.0 Å². The molecule has 8 heteroatoms. The topological polar surface area (TPSA) is 96.5 Å². The maximum Gasteiger partial charge on any atom is 0.319 e. The maximum atomic E-state index is 12.3. The predicted molar refractivity (Wildman–Crippen MR) is 108 cm³/mol. The third kappa shape index (κ3) is 6.49. The number of rotatable bonds is 7. The lowest BCUT2D eigenvalue weighted by molar-refractivity contribution is 0.249. The van der Waals surface area contributed by atoms with E-state index in [0.717, 1.165) is 23.1 Å². The highest BCUT2D eigenvalue weighted by atomic mass is 32.2. The number of urea groups is 1. The molecule has 0 spiro atoms. The van der Waals surface area contributed by atoms with E-state index in [2.05, 4.69) is 15.4 Å². The van der Waals surface area contributed by atoms with Crippen LogP contribution in [0.4, 0.5) is 16.2 Å². The number of aryl methyl sites for hydroxylation is 1. The quantitative estimate of drug-likeness (QED) is 0.671. The molecule has 27 heavy (non-hydrogen) atoms. The van der Waals surface area contributed by atoms with Gasteiger partial charge in [0.1, 0.15) is 5.75 Å². The summed E-state index contributed by atoms with van der Waals surface area (Å²) in [5, 5.41) is 5.61. The van der Waals surface area contributed by atoms with Gasteiger partial charge in [-0.15, -0.1) is 0 Å². The van der Waals surface area contributed by atoms with Crippen molar-refractivity contribution in [1.29, 1.82) is 0 Å². The zero-order chi connectivity index (χ0) is 20.0. The zero-order valence-corrected chi connectivity index (χ0v) is 16.7. The molecule has 1 atom stereocenters. The van der Waals surface area contributed by atoms with Crippen LogP contribution in [0, 0.1) is 6.92 Å². The van der Waals surface area contributed by atoms with Crippen LogP contribution in [0.15, 0.2) is 42.5 Å². The Morgan fingerprint density at radius 2 is 1.74 bits per heavy atom. The molecule has 0 saturated carbocycles.